The van der Waals surface area contributed by atoms with Crippen molar-refractivity contribution in [2.24, 2.45) is 5.73 Å². The van der Waals surface area contributed by atoms with Gasteiger partial charge in [0, 0.05) is 17.0 Å². The summed E-state index contributed by atoms with van der Waals surface area (Å²) in [5.41, 5.74) is 7.85. The fourth-order valence-corrected chi connectivity index (χ4v) is 3.64. The third-order valence-electron chi connectivity index (χ3n) is 3.64. The van der Waals surface area contributed by atoms with Crippen molar-refractivity contribution in [2.75, 3.05) is 0 Å². The molecule has 5 heteroatoms. The Balaban J connectivity index is 1.56. The number of primary amides is 1. The van der Waals surface area contributed by atoms with Crippen LogP contribution in [0.4, 0.5) is 0 Å². The highest BCUT2D eigenvalue weighted by molar-refractivity contribution is 8.01. The quantitative estimate of drug-likeness (QED) is 0.908. The largest absolute Gasteiger partial charge is 0.366 e. The first-order valence-corrected chi connectivity index (χ1v) is 7.92. The van der Waals surface area contributed by atoms with Crippen LogP contribution < -0.4 is 11.1 Å². The topological polar surface area (TPSA) is 72.2 Å². The van der Waals surface area contributed by atoms with Crippen molar-refractivity contribution >= 4 is 23.6 Å². The van der Waals surface area contributed by atoms with Crippen molar-refractivity contribution in [2.45, 2.75) is 23.1 Å². The molecular weight excluding hydrogens is 296 g/mol. The number of amides is 2. The molecule has 1 unspecified atom stereocenters. The number of carbonyl (C=O) groups is 2. The van der Waals surface area contributed by atoms with Crippen molar-refractivity contribution in [3.8, 4) is 0 Å². The normalized spacial score (nSPS) is 16.1. The molecule has 0 radical (unpaired) electrons. The smallest absolute Gasteiger partial charge is 0.248 e. The van der Waals surface area contributed by atoms with E-state index >= 15 is 0 Å². The molecule has 0 spiro atoms. The van der Waals surface area contributed by atoms with Crippen LogP contribution in [0.1, 0.15) is 21.5 Å². The van der Waals surface area contributed by atoms with E-state index in [0.29, 0.717) is 12.1 Å². The molecular formula is C17H16N2O2S. The summed E-state index contributed by atoms with van der Waals surface area (Å²) in [5.74, 6) is -0.407. The molecule has 1 atom stereocenters. The average molecular weight is 312 g/mol. The van der Waals surface area contributed by atoms with E-state index in [2.05, 4.69) is 17.4 Å². The molecule has 0 aromatic heterocycles. The monoisotopic (exact) mass is 312 g/mol. The van der Waals surface area contributed by atoms with E-state index in [-0.39, 0.29) is 11.2 Å². The van der Waals surface area contributed by atoms with Gasteiger partial charge in [-0.15, -0.1) is 11.8 Å². The number of fused-ring (bicyclic) bond motifs is 1. The minimum absolute atomic E-state index is 0.0418. The molecule has 22 heavy (non-hydrogen) atoms. The number of rotatable bonds is 4. The minimum atomic E-state index is -0.448. The molecule has 112 valence electrons. The second-order valence-corrected chi connectivity index (χ2v) is 6.44. The van der Waals surface area contributed by atoms with Crippen molar-refractivity contribution in [1.29, 1.82) is 0 Å². The van der Waals surface area contributed by atoms with Gasteiger partial charge in [-0.05, 0) is 35.7 Å². The van der Waals surface area contributed by atoms with Crippen molar-refractivity contribution in [1.82, 2.24) is 5.32 Å². The second-order valence-electron chi connectivity index (χ2n) is 5.20. The maximum absolute atomic E-state index is 12.3. The molecule has 2 aromatic rings. The van der Waals surface area contributed by atoms with Gasteiger partial charge in [-0.1, -0.05) is 30.3 Å². The number of nitrogens with two attached hydrogens (primary N) is 1. The summed E-state index contributed by atoms with van der Waals surface area (Å²) in [4.78, 5) is 24.5. The van der Waals surface area contributed by atoms with Gasteiger partial charge in [0.1, 0.15) is 0 Å². The maximum atomic E-state index is 12.3. The van der Waals surface area contributed by atoms with E-state index in [1.165, 1.54) is 10.5 Å². The Morgan fingerprint density at radius 2 is 1.86 bits per heavy atom. The van der Waals surface area contributed by atoms with Gasteiger partial charge < -0.3 is 11.1 Å². The minimum Gasteiger partial charge on any atom is -0.366 e. The van der Waals surface area contributed by atoms with Gasteiger partial charge in [0.05, 0.1) is 5.25 Å². The van der Waals surface area contributed by atoms with Crippen LogP contribution in [0.3, 0.4) is 0 Å². The summed E-state index contributed by atoms with van der Waals surface area (Å²) in [6, 6.07) is 15.1. The Morgan fingerprint density at radius 3 is 2.55 bits per heavy atom. The van der Waals surface area contributed by atoms with Crippen molar-refractivity contribution < 1.29 is 9.59 Å². The average Bonchev–Trinajstić information content (AvgIpc) is 2.97. The maximum Gasteiger partial charge on any atom is 0.248 e. The van der Waals surface area contributed by atoms with Crippen LogP contribution in [-0.2, 0) is 17.8 Å². The molecule has 0 saturated carbocycles. The number of thioether (sulfide) groups is 1. The number of hydrogen-bond acceptors (Lipinski definition) is 3. The van der Waals surface area contributed by atoms with E-state index in [4.69, 9.17) is 5.73 Å². The van der Waals surface area contributed by atoms with Crippen LogP contribution in [0.5, 0.6) is 0 Å². The van der Waals surface area contributed by atoms with Gasteiger partial charge in [0.15, 0.2) is 0 Å². The number of nitrogens with one attached hydrogen (secondary N) is 1. The molecule has 0 saturated heterocycles. The first-order chi connectivity index (χ1) is 10.6. The van der Waals surface area contributed by atoms with E-state index in [0.717, 1.165) is 12.0 Å². The Morgan fingerprint density at radius 1 is 1.14 bits per heavy atom. The SMILES string of the molecule is NC(=O)c1ccc(CNC(=O)C2Cc3ccccc3S2)cc1. The summed E-state index contributed by atoms with van der Waals surface area (Å²) in [5, 5.41) is 2.88. The Hall–Kier alpha value is -2.27. The molecule has 0 fully saturated rings. The van der Waals surface area contributed by atoms with Gasteiger partial charge in [-0.2, -0.15) is 0 Å². The standard InChI is InChI=1S/C17H16N2O2S/c18-16(20)12-7-5-11(6-8-12)10-19-17(21)15-9-13-3-1-2-4-14(13)22-15/h1-8,15H,9-10H2,(H2,18,20)(H,19,21). The molecule has 0 aliphatic carbocycles. The summed E-state index contributed by atoms with van der Waals surface area (Å²) < 4.78 is 0. The lowest BCUT2D eigenvalue weighted by Crippen LogP contribution is -2.32. The van der Waals surface area contributed by atoms with Gasteiger partial charge >= 0.3 is 0 Å². The lowest BCUT2D eigenvalue weighted by Gasteiger charge is -2.10. The molecule has 2 aromatic carbocycles. The van der Waals surface area contributed by atoms with Crippen LogP contribution >= 0.6 is 11.8 Å². The van der Waals surface area contributed by atoms with E-state index in [1.807, 2.05) is 12.1 Å². The van der Waals surface area contributed by atoms with Gasteiger partial charge in [0.2, 0.25) is 11.8 Å². The second kappa shape index (κ2) is 6.23. The highest BCUT2D eigenvalue weighted by atomic mass is 32.2. The molecule has 0 bridgehead atoms. The molecule has 2 amide bonds. The molecule has 1 aliphatic heterocycles. The highest BCUT2D eigenvalue weighted by Crippen LogP contribution is 2.36. The van der Waals surface area contributed by atoms with Gasteiger partial charge in [0.25, 0.3) is 0 Å². The van der Waals surface area contributed by atoms with E-state index in [9.17, 15) is 9.59 Å². The zero-order valence-electron chi connectivity index (χ0n) is 11.9. The lowest BCUT2D eigenvalue weighted by molar-refractivity contribution is -0.120. The molecule has 3 rings (SSSR count). The number of benzene rings is 2. The fourth-order valence-electron chi connectivity index (χ4n) is 2.42. The number of carbonyl (C=O) groups excluding carboxylic acids is 2. The molecule has 1 aliphatic rings. The predicted octanol–water partition coefficient (Wildman–Crippen LogP) is 2.12. The molecule has 3 N–H and O–H groups in total. The Labute approximate surface area is 133 Å². The van der Waals surface area contributed by atoms with Crippen LogP contribution in [0.15, 0.2) is 53.4 Å². The Bertz CT molecular complexity index is 688. The highest BCUT2D eigenvalue weighted by Gasteiger charge is 2.27. The third-order valence-corrected chi connectivity index (χ3v) is 4.96. The van der Waals surface area contributed by atoms with Crippen LogP contribution in [0.25, 0.3) is 0 Å². The fraction of sp³-hybridized carbons (Fsp3) is 0.176. The molecule has 4 nitrogen and oxygen atoms in total. The van der Waals surface area contributed by atoms with Crippen LogP contribution in [-0.4, -0.2) is 17.1 Å². The summed E-state index contributed by atoms with van der Waals surface area (Å²) in [6.45, 7) is 0.450. The third kappa shape index (κ3) is 3.14. The number of hydrogen-bond donors (Lipinski definition) is 2. The Kier molecular flexibility index (Phi) is 4.15. The summed E-state index contributed by atoms with van der Waals surface area (Å²) in [6.07, 6.45) is 0.771. The van der Waals surface area contributed by atoms with Crippen molar-refractivity contribution in [3.05, 3.63) is 65.2 Å². The van der Waals surface area contributed by atoms with Crippen LogP contribution in [0.2, 0.25) is 0 Å². The zero-order chi connectivity index (χ0) is 15.5. The molecule has 1 heterocycles. The van der Waals surface area contributed by atoms with E-state index in [1.54, 1.807) is 36.0 Å². The first-order valence-electron chi connectivity index (χ1n) is 7.04. The summed E-state index contributed by atoms with van der Waals surface area (Å²) >= 11 is 1.61. The van der Waals surface area contributed by atoms with Crippen LogP contribution in [0, 0.1) is 0 Å². The van der Waals surface area contributed by atoms with Crippen molar-refractivity contribution in [3.63, 3.8) is 0 Å². The van der Waals surface area contributed by atoms with E-state index < -0.39 is 5.91 Å². The lowest BCUT2D eigenvalue weighted by atomic mass is 10.1. The van der Waals surface area contributed by atoms with Gasteiger partial charge in [-0.3, -0.25) is 9.59 Å². The van der Waals surface area contributed by atoms with Gasteiger partial charge in [-0.25, -0.2) is 0 Å². The predicted molar refractivity (Wildman–Crippen MR) is 86.6 cm³/mol. The summed E-state index contributed by atoms with van der Waals surface area (Å²) in [7, 11) is 0. The first kappa shape index (κ1) is 14.7. The zero-order valence-corrected chi connectivity index (χ0v) is 12.7.